The molecule has 0 amide bonds. The summed E-state index contributed by atoms with van der Waals surface area (Å²) < 4.78 is 7.61. The summed E-state index contributed by atoms with van der Waals surface area (Å²) in [4.78, 5) is 8.28. The van der Waals surface area contributed by atoms with E-state index in [0.29, 0.717) is 12.6 Å². The summed E-state index contributed by atoms with van der Waals surface area (Å²) in [5.41, 5.74) is 0. The van der Waals surface area contributed by atoms with E-state index >= 15 is 0 Å². The number of para-hydroxylation sites is 1. The van der Waals surface area contributed by atoms with Gasteiger partial charge < -0.3 is 4.74 Å². The van der Waals surface area contributed by atoms with Crippen molar-refractivity contribution < 1.29 is 4.74 Å². The van der Waals surface area contributed by atoms with Crippen molar-refractivity contribution in [1.82, 2.24) is 9.66 Å². The molecule has 0 fully saturated rings. The molecule has 18 heavy (non-hydrogen) atoms. The number of aliphatic imine (C=N–C) groups is 1. The van der Waals surface area contributed by atoms with Crippen molar-refractivity contribution in [2.45, 2.75) is 0 Å². The monoisotopic (exact) mass is 240 g/mol. The fraction of sp³-hybridized carbons (Fsp3) is 0.0769. The summed E-state index contributed by atoms with van der Waals surface area (Å²) in [7, 11) is 0. The molecule has 5 heteroatoms. The maximum atomic E-state index is 5.77. The molecule has 0 bridgehead atoms. The molecular formula is C13H12N4O. The topological polar surface area (TPSA) is 42.6 Å². The van der Waals surface area contributed by atoms with Gasteiger partial charge in [-0.25, -0.2) is 19.7 Å². The third kappa shape index (κ3) is 2.10. The van der Waals surface area contributed by atoms with Crippen LogP contribution in [0, 0.1) is 0 Å². The zero-order chi connectivity index (χ0) is 12.2. The molecule has 1 aliphatic rings. The first-order valence-electron chi connectivity index (χ1n) is 5.65. The van der Waals surface area contributed by atoms with Crippen molar-refractivity contribution in [2.75, 3.05) is 11.6 Å². The second-order valence-electron chi connectivity index (χ2n) is 3.74. The summed E-state index contributed by atoms with van der Waals surface area (Å²) in [5, 5.41) is 1.89. The maximum Gasteiger partial charge on any atom is 0.317 e. The fourth-order valence-corrected chi connectivity index (χ4v) is 1.67. The van der Waals surface area contributed by atoms with Gasteiger partial charge in [0.25, 0.3) is 0 Å². The first kappa shape index (κ1) is 10.6. The summed E-state index contributed by atoms with van der Waals surface area (Å²) in [6.07, 6.45) is 8.98. The Morgan fingerprint density at radius 1 is 1.17 bits per heavy atom. The highest BCUT2D eigenvalue weighted by atomic mass is 16.5. The van der Waals surface area contributed by atoms with Gasteiger partial charge in [-0.1, -0.05) is 18.2 Å². The summed E-state index contributed by atoms with van der Waals surface area (Å²) in [6, 6.07) is 10.1. The van der Waals surface area contributed by atoms with Crippen LogP contribution in [-0.4, -0.2) is 22.2 Å². The van der Waals surface area contributed by atoms with Gasteiger partial charge in [0.05, 0.1) is 6.54 Å². The molecule has 2 aromatic rings. The third-order valence-corrected chi connectivity index (χ3v) is 2.51. The Labute approximate surface area is 105 Å². The summed E-state index contributed by atoms with van der Waals surface area (Å²) in [5.74, 6) is 0.761. The van der Waals surface area contributed by atoms with Crippen molar-refractivity contribution in [3.05, 3.63) is 61.3 Å². The van der Waals surface area contributed by atoms with Crippen LogP contribution in [0.15, 0.2) is 66.3 Å². The third-order valence-electron chi connectivity index (χ3n) is 2.51. The SMILES string of the molecule is C1=CN=C(Oc2ccccc2)N(n2ccnc2)C1. The molecule has 1 aromatic carbocycles. The number of hydrogen-bond acceptors (Lipinski definition) is 4. The number of benzene rings is 1. The predicted octanol–water partition coefficient (Wildman–Crippen LogP) is 1.78. The van der Waals surface area contributed by atoms with Crippen LogP contribution in [0.4, 0.5) is 0 Å². The molecule has 2 heterocycles. The molecule has 0 atom stereocenters. The molecule has 3 rings (SSSR count). The largest absolute Gasteiger partial charge is 0.425 e. The van der Waals surface area contributed by atoms with E-state index in [4.69, 9.17) is 4.74 Å². The van der Waals surface area contributed by atoms with Gasteiger partial charge in [0.2, 0.25) is 0 Å². The van der Waals surface area contributed by atoms with E-state index < -0.39 is 0 Å². The Balaban J connectivity index is 1.84. The van der Waals surface area contributed by atoms with Crippen molar-refractivity contribution >= 4 is 6.02 Å². The van der Waals surface area contributed by atoms with Crippen molar-refractivity contribution in [3.8, 4) is 5.75 Å². The van der Waals surface area contributed by atoms with Gasteiger partial charge in [-0.05, 0) is 18.2 Å². The zero-order valence-corrected chi connectivity index (χ0v) is 9.68. The molecule has 0 saturated heterocycles. The van der Waals surface area contributed by atoms with Crippen molar-refractivity contribution in [2.24, 2.45) is 4.99 Å². The number of hydrogen-bond donors (Lipinski definition) is 0. The highest BCUT2D eigenvalue weighted by Gasteiger charge is 2.16. The molecular weight excluding hydrogens is 228 g/mol. The van der Waals surface area contributed by atoms with Crippen LogP contribution in [0.1, 0.15) is 0 Å². The first-order chi connectivity index (χ1) is 8.93. The number of aromatic nitrogens is 2. The number of nitrogens with zero attached hydrogens (tertiary/aromatic N) is 4. The molecule has 0 spiro atoms. The van der Waals surface area contributed by atoms with E-state index in [1.165, 1.54) is 0 Å². The van der Waals surface area contributed by atoms with Crippen LogP contribution in [0.3, 0.4) is 0 Å². The molecule has 0 radical (unpaired) electrons. The van der Waals surface area contributed by atoms with E-state index in [9.17, 15) is 0 Å². The second-order valence-corrected chi connectivity index (χ2v) is 3.74. The van der Waals surface area contributed by atoms with Crippen LogP contribution in [0.25, 0.3) is 0 Å². The van der Waals surface area contributed by atoms with Crippen LogP contribution < -0.4 is 9.75 Å². The lowest BCUT2D eigenvalue weighted by molar-refractivity contribution is 0.505. The number of amidine groups is 1. The van der Waals surface area contributed by atoms with Crippen LogP contribution in [0.5, 0.6) is 5.75 Å². The quantitative estimate of drug-likeness (QED) is 0.803. The standard InChI is InChI=1S/C13H12N4O/c1-2-5-12(6-3-1)18-13-15-7-4-9-17(13)16-10-8-14-11-16/h1-8,10-11H,9H2. The Hall–Kier alpha value is -2.56. The van der Waals surface area contributed by atoms with Gasteiger partial charge in [-0.3, -0.25) is 0 Å². The Kier molecular flexibility index (Phi) is 2.79. The molecule has 0 N–H and O–H groups in total. The highest BCUT2D eigenvalue weighted by Crippen LogP contribution is 2.11. The second kappa shape index (κ2) is 4.75. The van der Waals surface area contributed by atoms with E-state index in [1.807, 2.05) is 52.3 Å². The Morgan fingerprint density at radius 2 is 2.06 bits per heavy atom. The highest BCUT2D eigenvalue weighted by molar-refractivity contribution is 5.87. The van der Waals surface area contributed by atoms with Gasteiger partial charge in [0.1, 0.15) is 12.1 Å². The van der Waals surface area contributed by atoms with E-state index in [-0.39, 0.29) is 0 Å². The molecule has 0 unspecified atom stereocenters. The lowest BCUT2D eigenvalue weighted by atomic mass is 10.3. The average molecular weight is 240 g/mol. The molecule has 1 aromatic heterocycles. The van der Waals surface area contributed by atoms with Crippen LogP contribution in [-0.2, 0) is 0 Å². The molecule has 1 aliphatic heterocycles. The predicted molar refractivity (Wildman–Crippen MR) is 69.0 cm³/mol. The Morgan fingerprint density at radius 3 is 2.83 bits per heavy atom. The van der Waals surface area contributed by atoms with Gasteiger partial charge in [0.15, 0.2) is 0 Å². The van der Waals surface area contributed by atoms with Gasteiger partial charge >= 0.3 is 6.02 Å². The minimum Gasteiger partial charge on any atom is -0.425 e. The van der Waals surface area contributed by atoms with E-state index in [1.54, 1.807) is 18.7 Å². The summed E-state index contributed by atoms with van der Waals surface area (Å²) >= 11 is 0. The molecule has 0 saturated carbocycles. The fourth-order valence-electron chi connectivity index (χ4n) is 1.67. The minimum atomic E-state index is 0.529. The number of rotatable bonds is 2. The van der Waals surface area contributed by atoms with Crippen molar-refractivity contribution in [1.29, 1.82) is 0 Å². The molecule has 5 nitrogen and oxygen atoms in total. The van der Waals surface area contributed by atoms with Gasteiger partial charge in [-0.2, -0.15) is 0 Å². The van der Waals surface area contributed by atoms with Crippen LogP contribution >= 0.6 is 0 Å². The zero-order valence-electron chi connectivity index (χ0n) is 9.68. The first-order valence-corrected chi connectivity index (χ1v) is 5.65. The van der Waals surface area contributed by atoms with E-state index in [0.717, 1.165) is 5.75 Å². The molecule has 0 aliphatic carbocycles. The summed E-state index contributed by atoms with van der Waals surface area (Å²) in [6.45, 7) is 0.696. The van der Waals surface area contributed by atoms with Gasteiger partial charge in [-0.15, -0.1) is 0 Å². The van der Waals surface area contributed by atoms with Crippen LogP contribution in [0.2, 0.25) is 0 Å². The molecule has 90 valence electrons. The number of imidazole rings is 1. The normalized spacial score (nSPS) is 14.4. The number of ether oxygens (including phenoxy) is 1. The smallest absolute Gasteiger partial charge is 0.317 e. The Bertz CT molecular complexity index is 560. The van der Waals surface area contributed by atoms with Crippen molar-refractivity contribution in [3.63, 3.8) is 0 Å². The minimum absolute atomic E-state index is 0.529. The lowest BCUT2D eigenvalue weighted by Crippen LogP contribution is -2.44. The van der Waals surface area contributed by atoms with E-state index in [2.05, 4.69) is 9.98 Å². The maximum absolute atomic E-state index is 5.77. The lowest BCUT2D eigenvalue weighted by Gasteiger charge is -2.26. The average Bonchev–Trinajstić information content (AvgIpc) is 2.94. The van der Waals surface area contributed by atoms with Gasteiger partial charge in [0, 0.05) is 18.6 Å².